The summed E-state index contributed by atoms with van der Waals surface area (Å²) >= 11 is 12.1. The Labute approximate surface area is 216 Å². The van der Waals surface area contributed by atoms with Gasteiger partial charge in [0.1, 0.15) is 16.5 Å². The first-order valence-corrected chi connectivity index (χ1v) is 13.8. The number of anilines is 1. The largest absolute Gasteiger partial charge is 0.369 e. The highest BCUT2D eigenvalue weighted by Gasteiger charge is 2.30. The summed E-state index contributed by atoms with van der Waals surface area (Å²) in [4.78, 5) is 14.0. The molecule has 1 saturated heterocycles. The summed E-state index contributed by atoms with van der Waals surface area (Å²) in [5, 5.41) is 5.00. The van der Waals surface area contributed by atoms with Crippen LogP contribution in [-0.4, -0.2) is 85.9 Å². The number of piperazine rings is 1. The van der Waals surface area contributed by atoms with Crippen LogP contribution in [0.25, 0.3) is 10.9 Å². The smallest absolute Gasteiger partial charge is 0.244 e. The SMILES string of the molecule is CN(C)CCCNc1nc(CN2CCN(S(=O)(=O)c3ccc(Cl)cc3Cl)CC2)nc2ccccc12. The predicted octanol–water partition coefficient (Wildman–Crippen LogP) is 3.81. The fraction of sp³-hybridized carbons (Fsp3) is 0.417. The third-order valence-electron chi connectivity index (χ3n) is 5.93. The Hall–Kier alpha value is -2.01. The van der Waals surface area contributed by atoms with E-state index in [1.807, 2.05) is 24.3 Å². The van der Waals surface area contributed by atoms with Gasteiger partial charge >= 0.3 is 0 Å². The lowest BCUT2D eigenvalue weighted by molar-refractivity contribution is 0.178. The molecule has 1 aromatic heterocycles. The molecule has 0 spiro atoms. The summed E-state index contributed by atoms with van der Waals surface area (Å²) in [6.45, 7) is 4.25. The highest BCUT2D eigenvalue weighted by molar-refractivity contribution is 7.89. The van der Waals surface area contributed by atoms with Crippen LogP contribution in [0, 0.1) is 0 Å². The Morgan fingerprint density at radius 2 is 1.77 bits per heavy atom. The van der Waals surface area contributed by atoms with Crippen molar-refractivity contribution in [1.29, 1.82) is 0 Å². The third-order valence-corrected chi connectivity index (χ3v) is 8.55. The summed E-state index contributed by atoms with van der Waals surface area (Å²) in [5.41, 5.74) is 0.895. The number of fused-ring (bicyclic) bond motifs is 1. The Balaban J connectivity index is 1.43. The number of hydrogen-bond donors (Lipinski definition) is 1. The minimum Gasteiger partial charge on any atom is -0.369 e. The van der Waals surface area contributed by atoms with Crippen LogP contribution in [0.3, 0.4) is 0 Å². The van der Waals surface area contributed by atoms with Crippen molar-refractivity contribution in [2.75, 3.05) is 58.7 Å². The number of rotatable bonds is 9. The highest BCUT2D eigenvalue weighted by Crippen LogP contribution is 2.28. The fourth-order valence-corrected chi connectivity index (χ4v) is 6.25. The molecule has 0 radical (unpaired) electrons. The molecule has 4 rings (SSSR count). The van der Waals surface area contributed by atoms with Crippen molar-refractivity contribution >= 4 is 49.9 Å². The maximum absolute atomic E-state index is 13.1. The molecule has 3 aromatic rings. The molecule has 0 amide bonds. The lowest BCUT2D eigenvalue weighted by atomic mass is 10.2. The van der Waals surface area contributed by atoms with Gasteiger partial charge in [-0.2, -0.15) is 4.31 Å². The number of nitrogens with one attached hydrogen (secondary N) is 1. The van der Waals surface area contributed by atoms with Crippen LogP contribution in [-0.2, 0) is 16.6 Å². The summed E-state index contributed by atoms with van der Waals surface area (Å²) in [5.74, 6) is 1.55. The van der Waals surface area contributed by atoms with Gasteiger partial charge in [-0.25, -0.2) is 18.4 Å². The van der Waals surface area contributed by atoms with Crippen LogP contribution < -0.4 is 5.32 Å². The molecule has 0 unspecified atom stereocenters. The van der Waals surface area contributed by atoms with Crippen molar-refractivity contribution in [3.05, 3.63) is 58.3 Å². The summed E-state index contributed by atoms with van der Waals surface area (Å²) in [6, 6.07) is 12.4. The Morgan fingerprint density at radius 1 is 1.03 bits per heavy atom. The quantitative estimate of drug-likeness (QED) is 0.416. The van der Waals surface area contributed by atoms with E-state index in [1.54, 1.807) is 6.07 Å². The molecule has 1 aliphatic rings. The normalized spacial score (nSPS) is 15.7. The summed E-state index contributed by atoms with van der Waals surface area (Å²) in [6.07, 6.45) is 1.01. The van der Waals surface area contributed by atoms with Gasteiger partial charge < -0.3 is 10.2 Å². The van der Waals surface area contributed by atoms with Crippen LogP contribution in [0.4, 0.5) is 5.82 Å². The number of halogens is 2. The highest BCUT2D eigenvalue weighted by atomic mass is 35.5. The lowest BCUT2D eigenvalue weighted by Crippen LogP contribution is -2.48. The van der Waals surface area contributed by atoms with Crippen molar-refractivity contribution < 1.29 is 8.42 Å². The zero-order valence-electron chi connectivity index (χ0n) is 19.9. The van der Waals surface area contributed by atoms with E-state index in [0.29, 0.717) is 37.7 Å². The number of hydrogen-bond acceptors (Lipinski definition) is 7. The second kappa shape index (κ2) is 11.4. The number of sulfonamides is 1. The average molecular weight is 538 g/mol. The van der Waals surface area contributed by atoms with Crippen LogP contribution in [0.1, 0.15) is 12.2 Å². The molecule has 1 N–H and O–H groups in total. The molecule has 188 valence electrons. The number of aromatic nitrogens is 2. The summed E-state index contributed by atoms with van der Waals surface area (Å²) in [7, 11) is 0.437. The van der Waals surface area contributed by atoms with Crippen molar-refractivity contribution in [2.45, 2.75) is 17.9 Å². The molecular formula is C24H30Cl2N6O2S. The van der Waals surface area contributed by atoms with E-state index in [-0.39, 0.29) is 9.92 Å². The molecule has 0 bridgehead atoms. The van der Waals surface area contributed by atoms with E-state index in [0.717, 1.165) is 42.1 Å². The second-order valence-electron chi connectivity index (χ2n) is 8.84. The molecule has 8 nitrogen and oxygen atoms in total. The molecule has 11 heteroatoms. The molecular weight excluding hydrogens is 507 g/mol. The van der Waals surface area contributed by atoms with Crippen LogP contribution >= 0.6 is 23.2 Å². The van der Waals surface area contributed by atoms with E-state index in [4.69, 9.17) is 33.2 Å². The first kappa shape index (κ1) is 26.1. The number of nitrogens with zero attached hydrogens (tertiary/aromatic N) is 5. The van der Waals surface area contributed by atoms with Gasteiger partial charge in [0, 0.05) is 43.1 Å². The maximum atomic E-state index is 13.1. The van der Waals surface area contributed by atoms with Gasteiger partial charge in [-0.05, 0) is 57.4 Å². The van der Waals surface area contributed by atoms with Gasteiger partial charge in [0.25, 0.3) is 0 Å². The lowest BCUT2D eigenvalue weighted by Gasteiger charge is -2.33. The molecule has 1 fully saturated rings. The van der Waals surface area contributed by atoms with Crippen LogP contribution in [0.15, 0.2) is 47.4 Å². The third kappa shape index (κ3) is 6.41. The summed E-state index contributed by atoms with van der Waals surface area (Å²) < 4.78 is 27.6. The van der Waals surface area contributed by atoms with E-state index in [9.17, 15) is 8.42 Å². The minimum atomic E-state index is -3.69. The van der Waals surface area contributed by atoms with Crippen LogP contribution in [0.5, 0.6) is 0 Å². The van der Waals surface area contributed by atoms with Gasteiger partial charge in [0.05, 0.1) is 17.1 Å². The predicted molar refractivity (Wildman–Crippen MR) is 142 cm³/mol. The monoisotopic (exact) mass is 536 g/mol. The molecule has 2 aromatic carbocycles. The maximum Gasteiger partial charge on any atom is 0.244 e. The molecule has 1 aliphatic heterocycles. The van der Waals surface area contributed by atoms with Gasteiger partial charge in [0.2, 0.25) is 10.0 Å². The van der Waals surface area contributed by atoms with Gasteiger partial charge in [-0.3, -0.25) is 4.90 Å². The van der Waals surface area contributed by atoms with Gasteiger partial charge in [-0.15, -0.1) is 0 Å². The van der Waals surface area contributed by atoms with Crippen molar-refractivity contribution in [3.8, 4) is 0 Å². The molecule has 0 atom stereocenters. The Kier molecular flexibility index (Phi) is 8.46. The first-order chi connectivity index (χ1) is 16.7. The zero-order valence-corrected chi connectivity index (χ0v) is 22.2. The van der Waals surface area contributed by atoms with Crippen molar-refractivity contribution in [1.82, 2.24) is 24.1 Å². The van der Waals surface area contributed by atoms with E-state index in [2.05, 4.69) is 29.2 Å². The second-order valence-corrected chi connectivity index (χ2v) is 11.6. The molecule has 2 heterocycles. The zero-order chi connectivity index (χ0) is 25.0. The van der Waals surface area contributed by atoms with E-state index < -0.39 is 10.0 Å². The number of para-hydroxylation sites is 1. The minimum absolute atomic E-state index is 0.0832. The number of benzene rings is 2. The van der Waals surface area contributed by atoms with Crippen LogP contribution in [0.2, 0.25) is 10.0 Å². The fourth-order valence-electron chi connectivity index (χ4n) is 4.08. The van der Waals surface area contributed by atoms with E-state index >= 15 is 0 Å². The topological polar surface area (TPSA) is 81.7 Å². The van der Waals surface area contributed by atoms with Gasteiger partial charge in [-0.1, -0.05) is 35.3 Å². The molecule has 35 heavy (non-hydrogen) atoms. The van der Waals surface area contributed by atoms with Crippen molar-refractivity contribution in [2.24, 2.45) is 0 Å². The van der Waals surface area contributed by atoms with Crippen molar-refractivity contribution in [3.63, 3.8) is 0 Å². The Bertz CT molecular complexity index is 1280. The molecule has 0 saturated carbocycles. The Morgan fingerprint density at radius 3 is 2.49 bits per heavy atom. The first-order valence-electron chi connectivity index (χ1n) is 11.6. The average Bonchev–Trinajstić information content (AvgIpc) is 2.81. The molecule has 0 aliphatic carbocycles. The standard InChI is InChI=1S/C24H30Cl2N6O2S/c1-30(2)11-5-10-27-24-19-6-3-4-7-21(19)28-23(29-24)17-31-12-14-32(15-13-31)35(33,34)22-9-8-18(25)16-20(22)26/h3-4,6-9,16H,5,10-15,17H2,1-2H3,(H,27,28,29). The van der Waals surface area contributed by atoms with Gasteiger partial charge in [0.15, 0.2) is 0 Å². The van der Waals surface area contributed by atoms with E-state index in [1.165, 1.54) is 16.4 Å².